The number of alkyl halides is 2. The van der Waals surface area contributed by atoms with Crippen LogP contribution in [0.1, 0.15) is 49.9 Å². The highest BCUT2D eigenvalue weighted by Crippen LogP contribution is 2.29. The van der Waals surface area contributed by atoms with Crippen LogP contribution < -0.4 is 9.47 Å². The van der Waals surface area contributed by atoms with Crippen molar-refractivity contribution < 1.29 is 18.3 Å². The van der Waals surface area contributed by atoms with E-state index in [-0.39, 0.29) is 11.5 Å². The number of aromatic amines is 1. The Hall–Kier alpha value is -2.29. The Labute approximate surface area is 167 Å². The van der Waals surface area contributed by atoms with Crippen LogP contribution in [0.4, 0.5) is 8.78 Å². The molecule has 0 unspecified atom stereocenters. The fraction of sp³-hybridized carbons (Fsp3) is 0.526. The predicted octanol–water partition coefficient (Wildman–Crippen LogP) is 4.95. The average molecular weight is 410 g/mol. The van der Waals surface area contributed by atoms with E-state index in [0.717, 1.165) is 24.6 Å². The molecule has 1 aromatic carbocycles. The summed E-state index contributed by atoms with van der Waals surface area (Å²) in [6.07, 6.45) is 9.98. The molecule has 1 heterocycles. The van der Waals surface area contributed by atoms with Crippen molar-refractivity contribution in [2.24, 2.45) is 11.0 Å². The number of ether oxygens (including phenoxy) is 2. The number of nitrogens with one attached hydrogen (secondary N) is 1. The number of aryl methyl sites for hydroxylation is 1. The van der Waals surface area contributed by atoms with Gasteiger partial charge in [0.15, 0.2) is 17.3 Å². The van der Waals surface area contributed by atoms with Crippen molar-refractivity contribution >= 4 is 18.4 Å². The first-order valence-electron chi connectivity index (χ1n) is 9.40. The molecule has 0 bridgehead atoms. The molecule has 0 atom stereocenters. The topological polar surface area (TPSA) is 64.4 Å². The first kappa shape index (κ1) is 20.4. The first-order chi connectivity index (χ1) is 13.6. The zero-order valence-electron chi connectivity index (χ0n) is 15.7. The van der Waals surface area contributed by atoms with Crippen LogP contribution in [0.15, 0.2) is 23.3 Å². The average Bonchev–Trinajstić information content (AvgIpc) is 3.05. The summed E-state index contributed by atoms with van der Waals surface area (Å²) in [5, 5.41) is 11.5. The van der Waals surface area contributed by atoms with Crippen LogP contribution in [0, 0.1) is 10.7 Å². The smallest absolute Gasteiger partial charge is 0.387 e. The van der Waals surface area contributed by atoms with E-state index in [4.69, 9.17) is 17.0 Å². The summed E-state index contributed by atoms with van der Waals surface area (Å²) in [5.41, 5.74) is 0.666. The lowest BCUT2D eigenvalue weighted by Gasteiger charge is -2.20. The van der Waals surface area contributed by atoms with E-state index in [9.17, 15) is 8.78 Å². The molecule has 9 heteroatoms. The molecule has 1 aromatic heterocycles. The molecule has 1 fully saturated rings. The molecular weight excluding hydrogens is 386 g/mol. The number of methoxy groups -OCH3 is 1. The number of benzene rings is 1. The number of hydrogen-bond acceptors (Lipinski definition) is 5. The van der Waals surface area contributed by atoms with Crippen molar-refractivity contribution in [2.75, 3.05) is 7.11 Å². The lowest BCUT2D eigenvalue weighted by Crippen LogP contribution is -2.09. The Balaban J connectivity index is 1.71. The van der Waals surface area contributed by atoms with Crippen molar-refractivity contribution in [3.63, 3.8) is 0 Å². The number of aromatic nitrogens is 3. The molecule has 0 amide bonds. The summed E-state index contributed by atoms with van der Waals surface area (Å²) in [7, 11) is 1.39. The Morgan fingerprint density at radius 3 is 2.82 bits per heavy atom. The Kier molecular flexibility index (Phi) is 7.13. The van der Waals surface area contributed by atoms with E-state index < -0.39 is 6.61 Å². The molecule has 1 aliphatic carbocycles. The van der Waals surface area contributed by atoms with Crippen molar-refractivity contribution in [3.05, 3.63) is 34.4 Å². The van der Waals surface area contributed by atoms with E-state index in [1.165, 1.54) is 45.3 Å². The maximum atomic E-state index is 12.4. The number of halogens is 2. The third kappa shape index (κ3) is 5.37. The second-order valence-electron chi connectivity index (χ2n) is 6.83. The maximum Gasteiger partial charge on any atom is 0.387 e. The minimum atomic E-state index is -2.91. The molecule has 28 heavy (non-hydrogen) atoms. The molecule has 1 saturated carbocycles. The van der Waals surface area contributed by atoms with E-state index in [0.29, 0.717) is 10.3 Å². The summed E-state index contributed by atoms with van der Waals surface area (Å²) in [6, 6.07) is 4.62. The molecule has 6 nitrogen and oxygen atoms in total. The first-order valence-corrected chi connectivity index (χ1v) is 9.81. The standard InChI is InChI=1S/C19H24F2N4O2S/c1-26-16-11-14(7-9-15(16)27-18(20)21)12-22-25-17(23-24-19(25)28)10-8-13-5-3-2-4-6-13/h7,9,11-13,18H,2-6,8,10H2,1H3,(H,24,28)/b22-12-. The Morgan fingerprint density at radius 2 is 2.11 bits per heavy atom. The summed E-state index contributed by atoms with van der Waals surface area (Å²) in [4.78, 5) is 0. The summed E-state index contributed by atoms with van der Waals surface area (Å²) in [6.45, 7) is -2.91. The number of nitrogens with zero attached hydrogens (tertiary/aromatic N) is 3. The number of hydrogen-bond donors (Lipinski definition) is 1. The summed E-state index contributed by atoms with van der Waals surface area (Å²) < 4.78 is 36.4. The third-order valence-electron chi connectivity index (χ3n) is 4.94. The molecule has 0 saturated heterocycles. The van der Waals surface area contributed by atoms with Crippen molar-refractivity contribution in [2.45, 2.75) is 51.6 Å². The van der Waals surface area contributed by atoms with Gasteiger partial charge in [0.25, 0.3) is 0 Å². The van der Waals surface area contributed by atoms with Gasteiger partial charge in [-0.15, -0.1) is 0 Å². The highest BCUT2D eigenvalue weighted by atomic mass is 32.1. The van der Waals surface area contributed by atoms with Gasteiger partial charge in [-0.3, -0.25) is 5.10 Å². The minimum absolute atomic E-state index is 0.0252. The second kappa shape index (κ2) is 9.77. The maximum absolute atomic E-state index is 12.4. The highest BCUT2D eigenvalue weighted by molar-refractivity contribution is 7.71. The van der Waals surface area contributed by atoms with Gasteiger partial charge < -0.3 is 9.47 Å². The van der Waals surface area contributed by atoms with Gasteiger partial charge in [0.2, 0.25) is 4.77 Å². The number of rotatable bonds is 8. The van der Waals surface area contributed by atoms with Crippen LogP contribution in [-0.4, -0.2) is 34.8 Å². The molecule has 0 radical (unpaired) electrons. The van der Waals surface area contributed by atoms with E-state index in [1.54, 1.807) is 23.0 Å². The zero-order chi connectivity index (χ0) is 19.9. The highest BCUT2D eigenvalue weighted by Gasteiger charge is 2.15. The van der Waals surface area contributed by atoms with Crippen LogP contribution >= 0.6 is 12.2 Å². The SMILES string of the molecule is COc1cc(/C=N\n2c(CCC3CCCCC3)n[nH]c2=S)ccc1OC(F)F. The van der Waals surface area contributed by atoms with Crippen molar-refractivity contribution in [1.29, 1.82) is 0 Å². The van der Waals surface area contributed by atoms with Crippen LogP contribution in [0.3, 0.4) is 0 Å². The quantitative estimate of drug-likeness (QED) is 0.494. The monoisotopic (exact) mass is 410 g/mol. The minimum Gasteiger partial charge on any atom is -0.493 e. The van der Waals surface area contributed by atoms with Gasteiger partial charge in [0.1, 0.15) is 0 Å². The van der Waals surface area contributed by atoms with Crippen LogP contribution in [0.2, 0.25) is 0 Å². The molecule has 0 aliphatic heterocycles. The van der Waals surface area contributed by atoms with Gasteiger partial charge in [-0.05, 0) is 48.3 Å². The Morgan fingerprint density at radius 1 is 1.32 bits per heavy atom. The van der Waals surface area contributed by atoms with E-state index >= 15 is 0 Å². The molecule has 1 aliphatic rings. The van der Waals surface area contributed by atoms with Gasteiger partial charge in [-0.25, -0.2) is 0 Å². The van der Waals surface area contributed by atoms with Crippen molar-refractivity contribution in [1.82, 2.24) is 14.9 Å². The van der Waals surface area contributed by atoms with Gasteiger partial charge in [-0.2, -0.15) is 23.7 Å². The third-order valence-corrected chi connectivity index (χ3v) is 5.21. The Bertz CT molecular complexity index is 860. The lowest BCUT2D eigenvalue weighted by molar-refractivity contribution is -0.0512. The zero-order valence-corrected chi connectivity index (χ0v) is 16.6. The second-order valence-corrected chi connectivity index (χ2v) is 7.22. The fourth-order valence-corrected chi connectivity index (χ4v) is 3.69. The summed E-state index contributed by atoms with van der Waals surface area (Å²) >= 11 is 5.28. The molecule has 1 N–H and O–H groups in total. The predicted molar refractivity (Wildman–Crippen MR) is 105 cm³/mol. The van der Waals surface area contributed by atoms with E-state index in [2.05, 4.69) is 20.0 Å². The van der Waals surface area contributed by atoms with E-state index in [1.807, 2.05) is 0 Å². The molecule has 152 valence electrons. The normalized spacial score (nSPS) is 15.4. The number of H-pyrrole nitrogens is 1. The molecule has 3 rings (SSSR count). The van der Waals surface area contributed by atoms with Gasteiger partial charge in [0, 0.05) is 6.42 Å². The van der Waals surface area contributed by atoms with Crippen molar-refractivity contribution in [3.8, 4) is 11.5 Å². The molecule has 0 spiro atoms. The van der Waals surface area contributed by atoms with Crippen LogP contribution in [0.25, 0.3) is 0 Å². The van der Waals surface area contributed by atoms with Gasteiger partial charge in [-0.1, -0.05) is 32.1 Å². The fourth-order valence-electron chi connectivity index (χ4n) is 3.50. The largest absolute Gasteiger partial charge is 0.493 e. The molecule has 2 aromatic rings. The van der Waals surface area contributed by atoms with Gasteiger partial charge >= 0.3 is 6.61 Å². The lowest BCUT2D eigenvalue weighted by atomic mass is 9.86. The summed E-state index contributed by atoms with van der Waals surface area (Å²) in [5.74, 6) is 1.71. The van der Waals surface area contributed by atoms with Crippen LogP contribution in [-0.2, 0) is 6.42 Å². The van der Waals surface area contributed by atoms with Crippen LogP contribution in [0.5, 0.6) is 11.5 Å². The van der Waals surface area contributed by atoms with Gasteiger partial charge in [0.05, 0.1) is 13.3 Å². The molecular formula is C19H24F2N4O2S.